The second kappa shape index (κ2) is 5.34. The van der Waals surface area contributed by atoms with Crippen molar-refractivity contribution < 1.29 is 0 Å². The van der Waals surface area contributed by atoms with Gasteiger partial charge in [0.15, 0.2) is 0 Å². The van der Waals surface area contributed by atoms with Gasteiger partial charge in [0.05, 0.1) is 0 Å². The van der Waals surface area contributed by atoms with Crippen LogP contribution in [0, 0.1) is 20.8 Å². The van der Waals surface area contributed by atoms with E-state index in [2.05, 4.69) is 39.0 Å². The molecular weight excluding hydrogens is 263 g/mol. The SMILES string of the molecule is Cc1cc(C)c(-c2ccccc2C(Cl)Cl)c(C)c1. The zero-order valence-corrected chi connectivity index (χ0v) is 12.3. The zero-order valence-electron chi connectivity index (χ0n) is 10.8. The smallest absolute Gasteiger partial charge is 0.100 e. The van der Waals surface area contributed by atoms with Crippen molar-refractivity contribution in [2.75, 3.05) is 0 Å². The summed E-state index contributed by atoms with van der Waals surface area (Å²) in [4.78, 5) is -0.499. The number of aryl methyl sites for hydroxylation is 3. The molecule has 0 saturated carbocycles. The molecular formula is C16H16Cl2. The molecule has 0 radical (unpaired) electrons. The largest absolute Gasteiger partial charge is 0.133 e. The van der Waals surface area contributed by atoms with Gasteiger partial charge in [0.25, 0.3) is 0 Å². The van der Waals surface area contributed by atoms with Crippen LogP contribution in [-0.2, 0) is 0 Å². The van der Waals surface area contributed by atoms with Crippen molar-refractivity contribution in [1.29, 1.82) is 0 Å². The van der Waals surface area contributed by atoms with Gasteiger partial charge in [-0.25, -0.2) is 0 Å². The standard InChI is InChI=1S/C16H16Cl2/c1-10-8-11(2)15(12(3)9-10)13-6-4-5-7-14(13)16(17)18/h4-9,16H,1-3H3. The van der Waals surface area contributed by atoms with E-state index in [-0.39, 0.29) is 0 Å². The molecule has 0 nitrogen and oxygen atoms in total. The Morgan fingerprint density at radius 3 is 2.00 bits per heavy atom. The van der Waals surface area contributed by atoms with E-state index in [0.29, 0.717) is 0 Å². The molecule has 0 heterocycles. The Labute approximate surface area is 119 Å². The van der Waals surface area contributed by atoms with Gasteiger partial charge in [-0.05, 0) is 48.6 Å². The van der Waals surface area contributed by atoms with Gasteiger partial charge in [-0.2, -0.15) is 0 Å². The average Bonchev–Trinajstić information content (AvgIpc) is 2.28. The fraction of sp³-hybridized carbons (Fsp3) is 0.250. The van der Waals surface area contributed by atoms with Crippen LogP contribution in [0.2, 0.25) is 0 Å². The number of rotatable bonds is 2. The molecule has 0 spiro atoms. The van der Waals surface area contributed by atoms with Crippen molar-refractivity contribution in [1.82, 2.24) is 0 Å². The normalized spacial score (nSPS) is 11.0. The monoisotopic (exact) mass is 278 g/mol. The summed E-state index contributed by atoms with van der Waals surface area (Å²) < 4.78 is 0. The highest BCUT2D eigenvalue weighted by atomic mass is 35.5. The molecule has 0 N–H and O–H groups in total. The highest BCUT2D eigenvalue weighted by Gasteiger charge is 2.14. The predicted octanol–water partition coefficient (Wildman–Crippen LogP) is 5.76. The summed E-state index contributed by atoms with van der Waals surface area (Å²) >= 11 is 12.1. The molecule has 0 amide bonds. The van der Waals surface area contributed by atoms with E-state index in [4.69, 9.17) is 23.2 Å². The highest BCUT2D eigenvalue weighted by molar-refractivity contribution is 6.44. The summed E-state index contributed by atoms with van der Waals surface area (Å²) in [5.74, 6) is 0. The molecule has 2 heteroatoms. The second-order valence-corrected chi connectivity index (χ2v) is 5.76. The fourth-order valence-electron chi connectivity index (χ4n) is 2.52. The quantitative estimate of drug-likeness (QED) is 0.613. The minimum absolute atomic E-state index is 0.499. The number of hydrogen-bond donors (Lipinski definition) is 0. The third kappa shape index (κ3) is 2.55. The van der Waals surface area contributed by atoms with Crippen LogP contribution in [0.25, 0.3) is 11.1 Å². The Morgan fingerprint density at radius 1 is 0.889 bits per heavy atom. The first-order valence-corrected chi connectivity index (χ1v) is 6.83. The molecule has 94 valence electrons. The molecule has 0 unspecified atom stereocenters. The van der Waals surface area contributed by atoms with Crippen molar-refractivity contribution >= 4 is 23.2 Å². The molecule has 0 bridgehead atoms. The maximum atomic E-state index is 6.06. The fourth-order valence-corrected chi connectivity index (χ4v) is 2.90. The summed E-state index contributed by atoms with van der Waals surface area (Å²) in [5, 5.41) is 0. The van der Waals surface area contributed by atoms with Gasteiger partial charge in [-0.15, -0.1) is 23.2 Å². The minimum atomic E-state index is -0.499. The molecule has 0 aliphatic rings. The van der Waals surface area contributed by atoms with E-state index in [1.807, 2.05) is 18.2 Å². The molecule has 2 aromatic carbocycles. The Bertz CT molecular complexity index is 548. The predicted molar refractivity (Wildman–Crippen MR) is 80.5 cm³/mol. The molecule has 18 heavy (non-hydrogen) atoms. The van der Waals surface area contributed by atoms with Crippen LogP contribution >= 0.6 is 23.2 Å². The van der Waals surface area contributed by atoms with Crippen molar-refractivity contribution in [2.45, 2.75) is 25.6 Å². The molecule has 0 aromatic heterocycles. The minimum Gasteiger partial charge on any atom is -0.100 e. The number of benzene rings is 2. The van der Waals surface area contributed by atoms with E-state index in [0.717, 1.165) is 11.1 Å². The van der Waals surface area contributed by atoms with Gasteiger partial charge in [-0.1, -0.05) is 42.0 Å². The molecule has 2 aromatic rings. The number of alkyl halides is 2. The lowest BCUT2D eigenvalue weighted by atomic mass is 9.91. The molecule has 0 fully saturated rings. The van der Waals surface area contributed by atoms with Crippen LogP contribution in [0.1, 0.15) is 27.1 Å². The Balaban J connectivity index is 2.70. The topological polar surface area (TPSA) is 0 Å². The summed E-state index contributed by atoms with van der Waals surface area (Å²) in [6.07, 6.45) is 0. The third-order valence-electron chi connectivity index (χ3n) is 3.14. The van der Waals surface area contributed by atoms with Gasteiger partial charge in [0, 0.05) is 0 Å². The van der Waals surface area contributed by atoms with Gasteiger partial charge >= 0.3 is 0 Å². The van der Waals surface area contributed by atoms with E-state index in [9.17, 15) is 0 Å². The summed E-state index contributed by atoms with van der Waals surface area (Å²) in [6.45, 7) is 6.37. The van der Waals surface area contributed by atoms with Gasteiger partial charge in [0.1, 0.15) is 4.84 Å². The third-order valence-corrected chi connectivity index (χ3v) is 3.61. The maximum absolute atomic E-state index is 6.06. The Morgan fingerprint density at radius 2 is 1.44 bits per heavy atom. The maximum Gasteiger partial charge on any atom is 0.133 e. The second-order valence-electron chi connectivity index (χ2n) is 4.66. The lowest BCUT2D eigenvalue weighted by Gasteiger charge is -2.16. The zero-order chi connectivity index (χ0) is 13.3. The van der Waals surface area contributed by atoms with Crippen LogP contribution in [0.5, 0.6) is 0 Å². The first-order chi connectivity index (χ1) is 8.50. The first kappa shape index (κ1) is 13.5. The van der Waals surface area contributed by atoms with Crippen molar-refractivity contribution in [3.05, 3.63) is 58.7 Å². The molecule has 0 saturated heterocycles. The van der Waals surface area contributed by atoms with Crippen molar-refractivity contribution in [2.24, 2.45) is 0 Å². The van der Waals surface area contributed by atoms with Crippen LogP contribution in [-0.4, -0.2) is 0 Å². The van der Waals surface area contributed by atoms with Crippen molar-refractivity contribution in [3.8, 4) is 11.1 Å². The van der Waals surface area contributed by atoms with Gasteiger partial charge in [0.2, 0.25) is 0 Å². The molecule has 0 atom stereocenters. The summed E-state index contributed by atoms with van der Waals surface area (Å²) in [7, 11) is 0. The first-order valence-electron chi connectivity index (χ1n) is 5.96. The van der Waals surface area contributed by atoms with Gasteiger partial charge in [-0.3, -0.25) is 0 Å². The average molecular weight is 279 g/mol. The Hall–Kier alpha value is -0.980. The van der Waals surface area contributed by atoms with E-state index in [1.54, 1.807) is 0 Å². The Kier molecular flexibility index (Phi) is 3.99. The molecule has 0 aliphatic carbocycles. The molecule has 2 rings (SSSR count). The van der Waals surface area contributed by atoms with Crippen LogP contribution < -0.4 is 0 Å². The van der Waals surface area contributed by atoms with E-state index in [1.165, 1.54) is 22.3 Å². The number of hydrogen-bond acceptors (Lipinski definition) is 0. The summed E-state index contributed by atoms with van der Waals surface area (Å²) in [5.41, 5.74) is 7.13. The summed E-state index contributed by atoms with van der Waals surface area (Å²) in [6, 6.07) is 12.4. The lowest BCUT2D eigenvalue weighted by molar-refractivity contribution is 1.29. The highest BCUT2D eigenvalue weighted by Crippen LogP contribution is 2.37. The van der Waals surface area contributed by atoms with E-state index >= 15 is 0 Å². The molecule has 0 aliphatic heterocycles. The lowest BCUT2D eigenvalue weighted by Crippen LogP contribution is -1.94. The van der Waals surface area contributed by atoms with Crippen LogP contribution in [0.3, 0.4) is 0 Å². The van der Waals surface area contributed by atoms with Gasteiger partial charge < -0.3 is 0 Å². The van der Waals surface area contributed by atoms with Crippen molar-refractivity contribution in [3.63, 3.8) is 0 Å². The number of halogens is 2. The van der Waals surface area contributed by atoms with Crippen LogP contribution in [0.4, 0.5) is 0 Å². The van der Waals surface area contributed by atoms with Crippen LogP contribution in [0.15, 0.2) is 36.4 Å². The van der Waals surface area contributed by atoms with E-state index < -0.39 is 4.84 Å².